The van der Waals surface area contributed by atoms with E-state index in [9.17, 15) is 4.79 Å². The number of pyridine rings is 1. The van der Waals surface area contributed by atoms with E-state index >= 15 is 0 Å². The molecule has 108 valence electrons. The maximum atomic E-state index is 12.3. The molecule has 7 heteroatoms. The Morgan fingerprint density at radius 1 is 1.35 bits per heavy atom. The van der Waals surface area contributed by atoms with E-state index in [1.54, 1.807) is 19.2 Å². The van der Waals surface area contributed by atoms with Crippen molar-refractivity contribution in [2.45, 2.75) is 25.8 Å². The highest BCUT2D eigenvalue weighted by atomic mass is 35.5. The van der Waals surface area contributed by atoms with Crippen LogP contribution in [0.4, 0.5) is 0 Å². The van der Waals surface area contributed by atoms with Gasteiger partial charge in [-0.3, -0.25) is 9.36 Å². The zero-order valence-electron chi connectivity index (χ0n) is 11.3. The Morgan fingerprint density at radius 3 is 2.75 bits per heavy atom. The third-order valence-corrected chi connectivity index (χ3v) is 3.47. The number of ether oxygens (including phenoxy) is 1. The standard InChI is InChI=1S/C13H15Cl2N3O2/c1-3-4-8(7-20-2)18-12-9(5-6-10(14)17-12)16-11(15)13(18)19/h5-6,8H,3-4,7H2,1-2H3/t8-/m1/s1. The third kappa shape index (κ3) is 2.95. The molecule has 0 saturated heterocycles. The number of methoxy groups -OCH3 is 1. The lowest BCUT2D eigenvalue weighted by atomic mass is 10.1. The summed E-state index contributed by atoms with van der Waals surface area (Å²) < 4.78 is 6.73. The van der Waals surface area contributed by atoms with Crippen molar-refractivity contribution in [3.63, 3.8) is 0 Å². The van der Waals surface area contributed by atoms with E-state index in [0.717, 1.165) is 12.8 Å². The SMILES string of the molecule is CCC[C@H](COC)n1c(=O)c(Cl)nc2ccc(Cl)nc21. The van der Waals surface area contributed by atoms with Crippen molar-refractivity contribution in [1.29, 1.82) is 0 Å². The van der Waals surface area contributed by atoms with Crippen molar-refractivity contribution in [3.05, 3.63) is 32.8 Å². The molecule has 0 saturated carbocycles. The van der Waals surface area contributed by atoms with E-state index in [4.69, 9.17) is 27.9 Å². The van der Waals surface area contributed by atoms with Crippen LogP contribution < -0.4 is 5.56 Å². The zero-order valence-corrected chi connectivity index (χ0v) is 12.8. The van der Waals surface area contributed by atoms with Crippen LogP contribution in [0, 0.1) is 0 Å². The van der Waals surface area contributed by atoms with Gasteiger partial charge in [-0.2, -0.15) is 0 Å². The maximum Gasteiger partial charge on any atom is 0.290 e. The van der Waals surface area contributed by atoms with Crippen LogP contribution in [0.2, 0.25) is 10.3 Å². The van der Waals surface area contributed by atoms with Crippen LogP contribution in [0.1, 0.15) is 25.8 Å². The van der Waals surface area contributed by atoms with Crippen LogP contribution in [-0.2, 0) is 4.74 Å². The van der Waals surface area contributed by atoms with Crippen LogP contribution in [0.25, 0.3) is 11.2 Å². The normalized spacial score (nSPS) is 12.8. The monoisotopic (exact) mass is 315 g/mol. The summed E-state index contributed by atoms with van der Waals surface area (Å²) in [7, 11) is 1.60. The summed E-state index contributed by atoms with van der Waals surface area (Å²) in [6, 6.07) is 3.17. The molecule has 0 fully saturated rings. The Hall–Kier alpha value is -1.17. The smallest absolute Gasteiger partial charge is 0.290 e. The molecule has 0 bridgehead atoms. The number of nitrogens with zero attached hydrogens (tertiary/aromatic N) is 3. The average Bonchev–Trinajstić information content (AvgIpc) is 2.41. The molecule has 0 spiro atoms. The van der Waals surface area contributed by atoms with Crippen molar-refractivity contribution >= 4 is 34.4 Å². The average molecular weight is 316 g/mol. The first-order valence-corrected chi connectivity index (χ1v) is 7.07. The van der Waals surface area contributed by atoms with Gasteiger partial charge in [-0.15, -0.1) is 0 Å². The Bertz CT molecular complexity index is 666. The minimum absolute atomic E-state index is 0.0705. The molecule has 0 amide bonds. The summed E-state index contributed by atoms with van der Waals surface area (Å²) in [5.74, 6) is 0. The molecule has 2 aromatic rings. The Kier molecular flexibility index (Phi) is 4.96. The van der Waals surface area contributed by atoms with Gasteiger partial charge in [0.15, 0.2) is 10.8 Å². The molecule has 2 rings (SSSR count). The third-order valence-electron chi connectivity index (χ3n) is 3.01. The first-order valence-electron chi connectivity index (χ1n) is 6.31. The van der Waals surface area contributed by atoms with E-state index in [1.807, 2.05) is 6.92 Å². The first-order chi connectivity index (χ1) is 9.58. The van der Waals surface area contributed by atoms with Crippen LogP contribution in [0.5, 0.6) is 0 Å². The van der Waals surface area contributed by atoms with Crippen LogP contribution in [-0.4, -0.2) is 28.3 Å². The van der Waals surface area contributed by atoms with Crippen LogP contribution in [0.3, 0.4) is 0 Å². The zero-order chi connectivity index (χ0) is 14.7. The van der Waals surface area contributed by atoms with Crippen LogP contribution >= 0.6 is 23.2 Å². The molecule has 0 N–H and O–H groups in total. The van der Waals surface area contributed by atoms with E-state index in [0.29, 0.717) is 22.9 Å². The second-order valence-corrected chi connectivity index (χ2v) is 5.20. The number of fused-ring (bicyclic) bond motifs is 1. The topological polar surface area (TPSA) is 57.0 Å². The summed E-state index contributed by atoms with van der Waals surface area (Å²) in [5, 5.41) is 0.237. The molecule has 1 atom stereocenters. The summed E-state index contributed by atoms with van der Waals surface area (Å²) in [6.07, 6.45) is 1.68. The fourth-order valence-electron chi connectivity index (χ4n) is 2.18. The van der Waals surface area contributed by atoms with Gasteiger partial charge >= 0.3 is 0 Å². The largest absolute Gasteiger partial charge is 0.383 e. The van der Waals surface area contributed by atoms with Gasteiger partial charge in [0.25, 0.3) is 5.56 Å². The van der Waals surface area contributed by atoms with Gasteiger partial charge in [-0.25, -0.2) is 9.97 Å². The Morgan fingerprint density at radius 2 is 2.10 bits per heavy atom. The molecule has 2 heterocycles. The molecule has 20 heavy (non-hydrogen) atoms. The molecular weight excluding hydrogens is 301 g/mol. The summed E-state index contributed by atoms with van der Waals surface area (Å²) >= 11 is 11.9. The molecule has 0 aromatic carbocycles. The van der Waals surface area contributed by atoms with Gasteiger partial charge < -0.3 is 4.74 Å². The van der Waals surface area contributed by atoms with Crippen molar-refractivity contribution in [1.82, 2.24) is 14.5 Å². The van der Waals surface area contributed by atoms with Crippen molar-refractivity contribution in [2.24, 2.45) is 0 Å². The van der Waals surface area contributed by atoms with E-state index in [-0.39, 0.29) is 16.8 Å². The highest BCUT2D eigenvalue weighted by Crippen LogP contribution is 2.20. The number of hydrogen-bond donors (Lipinski definition) is 0. The minimum Gasteiger partial charge on any atom is -0.383 e. The van der Waals surface area contributed by atoms with Crippen LogP contribution in [0.15, 0.2) is 16.9 Å². The maximum absolute atomic E-state index is 12.3. The number of hydrogen-bond acceptors (Lipinski definition) is 4. The molecule has 0 unspecified atom stereocenters. The highest BCUT2D eigenvalue weighted by Gasteiger charge is 2.18. The van der Waals surface area contributed by atoms with Crippen molar-refractivity contribution in [3.8, 4) is 0 Å². The van der Waals surface area contributed by atoms with Gasteiger partial charge in [0.2, 0.25) is 0 Å². The number of halogens is 2. The highest BCUT2D eigenvalue weighted by molar-refractivity contribution is 6.30. The van der Waals surface area contributed by atoms with Gasteiger partial charge in [0.1, 0.15) is 10.7 Å². The fourth-order valence-corrected chi connectivity index (χ4v) is 2.51. The quantitative estimate of drug-likeness (QED) is 0.796. The van der Waals surface area contributed by atoms with Gasteiger partial charge in [-0.05, 0) is 18.6 Å². The molecule has 0 aliphatic rings. The first kappa shape index (κ1) is 15.2. The Balaban J connectivity index is 2.73. The molecular formula is C13H15Cl2N3O2. The molecule has 0 radical (unpaired) electrons. The van der Waals surface area contributed by atoms with Crippen molar-refractivity contribution < 1.29 is 4.74 Å². The summed E-state index contributed by atoms with van der Waals surface area (Å²) in [4.78, 5) is 20.6. The fraction of sp³-hybridized carbons (Fsp3) is 0.462. The van der Waals surface area contributed by atoms with Gasteiger partial charge in [0, 0.05) is 7.11 Å². The molecule has 0 aliphatic carbocycles. The Labute approximate surface area is 126 Å². The number of aromatic nitrogens is 3. The summed E-state index contributed by atoms with van der Waals surface area (Å²) in [6.45, 7) is 2.44. The predicted octanol–water partition coefficient (Wildman–Crippen LogP) is 3.09. The summed E-state index contributed by atoms with van der Waals surface area (Å²) in [5.41, 5.74) is 0.600. The van der Waals surface area contributed by atoms with Gasteiger partial charge in [-0.1, -0.05) is 36.5 Å². The minimum atomic E-state index is -0.371. The second-order valence-electron chi connectivity index (χ2n) is 4.45. The molecule has 0 aliphatic heterocycles. The lowest BCUT2D eigenvalue weighted by Gasteiger charge is -2.20. The van der Waals surface area contributed by atoms with E-state index in [1.165, 1.54) is 4.57 Å². The van der Waals surface area contributed by atoms with Gasteiger partial charge in [0.05, 0.1) is 12.6 Å². The van der Waals surface area contributed by atoms with E-state index in [2.05, 4.69) is 9.97 Å². The second kappa shape index (κ2) is 6.52. The number of rotatable bonds is 5. The van der Waals surface area contributed by atoms with Crippen molar-refractivity contribution in [2.75, 3.05) is 13.7 Å². The van der Waals surface area contributed by atoms with E-state index < -0.39 is 0 Å². The lowest BCUT2D eigenvalue weighted by molar-refractivity contribution is 0.150. The molecule has 5 nitrogen and oxygen atoms in total. The lowest BCUT2D eigenvalue weighted by Crippen LogP contribution is -2.29. The molecule has 2 aromatic heterocycles. The predicted molar refractivity (Wildman–Crippen MR) is 79.6 cm³/mol.